The first kappa shape index (κ1) is 6.94. The molecule has 5 heteroatoms. The largest absolute Gasteiger partial charge is 0.288 e. The van der Waals surface area contributed by atoms with E-state index >= 15 is 0 Å². The molecular weight excluding hydrogens is 140 g/mol. The van der Waals surface area contributed by atoms with Crippen molar-refractivity contribution in [3.8, 4) is 0 Å². The van der Waals surface area contributed by atoms with Crippen LogP contribution in [0.25, 0.3) is 0 Å². The molecule has 0 spiro atoms. The molecule has 0 aliphatic rings. The highest BCUT2D eigenvalue weighted by Gasteiger charge is 1.90. The van der Waals surface area contributed by atoms with Crippen molar-refractivity contribution < 1.29 is 13.0 Å². The van der Waals surface area contributed by atoms with Gasteiger partial charge in [-0.3, -0.25) is 4.55 Å². The predicted molar refractivity (Wildman–Crippen MR) is 26.5 cm³/mol. The van der Waals surface area contributed by atoms with E-state index in [9.17, 15) is 8.42 Å². The quantitative estimate of drug-likeness (QED) is 0.545. The molecule has 0 aliphatic carbocycles. The van der Waals surface area contributed by atoms with E-state index < -0.39 is 10.1 Å². The molecule has 0 aromatic carbocycles. The van der Waals surface area contributed by atoms with Gasteiger partial charge in [-0.15, -0.1) is 0 Å². The second-order valence-corrected chi connectivity index (χ2v) is 2.33. The standard InChI is InChI=1S/C2H3ClO3S/c3-1-2-7(4,5)6/h1-2H,(H,4,5,6)/b2-1+. The van der Waals surface area contributed by atoms with Crippen molar-refractivity contribution in [2.24, 2.45) is 0 Å². The highest BCUT2D eigenvalue weighted by molar-refractivity contribution is 7.88. The summed E-state index contributed by atoms with van der Waals surface area (Å²) in [7, 11) is -3.99. The van der Waals surface area contributed by atoms with Gasteiger partial charge in [-0.05, 0) is 0 Å². The fraction of sp³-hybridized carbons (Fsp3) is 0. The van der Waals surface area contributed by atoms with Gasteiger partial charge in [0.2, 0.25) is 0 Å². The van der Waals surface area contributed by atoms with Crippen molar-refractivity contribution in [1.82, 2.24) is 0 Å². The Bertz CT molecular complexity index is 156. The molecule has 7 heavy (non-hydrogen) atoms. The first-order valence-electron chi connectivity index (χ1n) is 1.30. The molecule has 0 bridgehead atoms. The summed E-state index contributed by atoms with van der Waals surface area (Å²) in [6.07, 6.45) is 0. The van der Waals surface area contributed by atoms with Gasteiger partial charge in [0.15, 0.2) is 0 Å². The van der Waals surface area contributed by atoms with Crippen molar-refractivity contribution >= 4 is 21.7 Å². The normalized spacial score (nSPS) is 12.9. The molecule has 0 amide bonds. The molecule has 0 aliphatic heterocycles. The summed E-state index contributed by atoms with van der Waals surface area (Å²) in [6.45, 7) is 0. The van der Waals surface area contributed by atoms with Crippen LogP contribution in [0, 0.1) is 0 Å². The molecule has 42 valence electrons. The minimum absolute atomic E-state index is 0.481. The second-order valence-electron chi connectivity index (χ2n) is 0.777. The van der Waals surface area contributed by atoms with Gasteiger partial charge in [0, 0.05) is 5.54 Å². The van der Waals surface area contributed by atoms with Gasteiger partial charge < -0.3 is 0 Å². The summed E-state index contributed by atoms with van der Waals surface area (Å²) in [5.74, 6) is 0. The van der Waals surface area contributed by atoms with E-state index in [1.807, 2.05) is 0 Å². The van der Waals surface area contributed by atoms with Crippen LogP contribution in [0.1, 0.15) is 0 Å². The predicted octanol–water partition coefficient (Wildman–Crippen LogP) is 0.584. The first-order chi connectivity index (χ1) is 3.06. The molecule has 0 atom stereocenters. The van der Waals surface area contributed by atoms with Crippen LogP contribution in [0.5, 0.6) is 0 Å². The lowest BCUT2D eigenvalue weighted by Crippen LogP contribution is -1.87. The van der Waals surface area contributed by atoms with Gasteiger partial charge in [-0.2, -0.15) is 8.42 Å². The number of rotatable bonds is 1. The van der Waals surface area contributed by atoms with E-state index in [0.29, 0.717) is 5.41 Å². The maximum absolute atomic E-state index is 9.62. The Kier molecular flexibility index (Phi) is 2.28. The molecule has 1 N–H and O–H groups in total. The van der Waals surface area contributed by atoms with Crippen LogP contribution < -0.4 is 0 Å². The van der Waals surface area contributed by atoms with Gasteiger partial charge in [-0.25, -0.2) is 0 Å². The second kappa shape index (κ2) is 2.30. The van der Waals surface area contributed by atoms with Gasteiger partial charge in [0.05, 0.1) is 5.41 Å². The monoisotopic (exact) mass is 142 g/mol. The van der Waals surface area contributed by atoms with Crippen molar-refractivity contribution in [3.05, 3.63) is 10.9 Å². The highest BCUT2D eigenvalue weighted by atomic mass is 35.5. The van der Waals surface area contributed by atoms with Crippen LogP contribution in [0.15, 0.2) is 10.9 Å². The number of halogens is 1. The van der Waals surface area contributed by atoms with E-state index in [1.54, 1.807) is 0 Å². The lowest BCUT2D eigenvalue weighted by Gasteiger charge is -1.75. The Balaban J connectivity index is 4.13. The van der Waals surface area contributed by atoms with E-state index in [0.717, 1.165) is 5.54 Å². The van der Waals surface area contributed by atoms with Crippen LogP contribution in [0.3, 0.4) is 0 Å². The van der Waals surface area contributed by atoms with Crippen LogP contribution in [0.2, 0.25) is 0 Å². The van der Waals surface area contributed by atoms with Gasteiger partial charge in [0.25, 0.3) is 10.1 Å². The summed E-state index contributed by atoms with van der Waals surface area (Å²) in [6, 6.07) is 0. The summed E-state index contributed by atoms with van der Waals surface area (Å²) in [4.78, 5) is 0. The molecule has 0 heterocycles. The third kappa shape index (κ3) is 5.94. The molecule has 0 fully saturated rings. The number of hydrogen-bond acceptors (Lipinski definition) is 2. The van der Waals surface area contributed by atoms with Gasteiger partial charge >= 0.3 is 0 Å². The maximum atomic E-state index is 9.62. The molecule has 3 nitrogen and oxygen atoms in total. The molecule has 0 aromatic rings. The average Bonchev–Trinajstić information content (AvgIpc) is 1.30. The topological polar surface area (TPSA) is 54.4 Å². The summed E-state index contributed by atoms with van der Waals surface area (Å²) in [5, 5.41) is 0.481. The Morgan fingerprint density at radius 2 is 2.00 bits per heavy atom. The van der Waals surface area contributed by atoms with E-state index in [-0.39, 0.29) is 0 Å². The van der Waals surface area contributed by atoms with Crippen molar-refractivity contribution in [1.29, 1.82) is 0 Å². The lowest BCUT2D eigenvalue weighted by molar-refractivity contribution is 0.494. The Labute approximate surface area is 46.3 Å². The molecule has 0 rings (SSSR count). The fourth-order valence-electron chi connectivity index (χ4n) is 0.0650. The summed E-state index contributed by atoms with van der Waals surface area (Å²) < 4.78 is 27.0. The van der Waals surface area contributed by atoms with Crippen LogP contribution >= 0.6 is 11.6 Å². The highest BCUT2D eigenvalue weighted by Crippen LogP contribution is 1.85. The smallest absolute Gasteiger partial charge is 0.282 e. The van der Waals surface area contributed by atoms with E-state index in [1.165, 1.54) is 0 Å². The minimum atomic E-state index is -3.99. The third-order valence-corrected chi connectivity index (χ3v) is 0.979. The van der Waals surface area contributed by atoms with Crippen LogP contribution in [0.4, 0.5) is 0 Å². The Morgan fingerprint density at radius 3 is 2.00 bits per heavy atom. The fourth-order valence-corrected chi connectivity index (χ4v) is 0.585. The molecule has 0 unspecified atom stereocenters. The maximum Gasteiger partial charge on any atom is 0.288 e. The van der Waals surface area contributed by atoms with Gasteiger partial charge in [-0.1, -0.05) is 11.6 Å². The van der Waals surface area contributed by atoms with Gasteiger partial charge in [0.1, 0.15) is 0 Å². The summed E-state index contributed by atoms with van der Waals surface area (Å²) in [5.41, 5.74) is 0.718. The zero-order chi connectivity index (χ0) is 5.91. The lowest BCUT2D eigenvalue weighted by atomic mass is 11.3. The van der Waals surface area contributed by atoms with E-state index in [4.69, 9.17) is 16.2 Å². The van der Waals surface area contributed by atoms with E-state index in [2.05, 4.69) is 0 Å². The minimum Gasteiger partial charge on any atom is -0.282 e. The third-order valence-electron chi connectivity index (χ3n) is 0.223. The molecule has 0 aromatic heterocycles. The van der Waals surface area contributed by atoms with Crippen LogP contribution in [-0.2, 0) is 10.1 Å². The van der Waals surface area contributed by atoms with Crippen molar-refractivity contribution in [2.75, 3.05) is 0 Å². The molecular formula is C2H3ClO3S. The zero-order valence-corrected chi connectivity index (χ0v) is 4.78. The Hall–Kier alpha value is -0.0600. The average molecular weight is 143 g/mol. The Morgan fingerprint density at radius 1 is 1.57 bits per heavy atom. The van der Waals surface area contributed by atoms with Crippen LogP contribution in [-0.4, -0.2) is 13.0 Å². The molecule has 0 radical (unpaired) electrons. The SMILES string of the molecule is O=S(=O)(O)/C=C/Cl. The first-order valence-corrected chi connectivity index (χ1v) is 3.24. The zero-order valence-electron chi connectivity index (χ0n) is 3.20. The summed E-state index contributed by atoms with van der Waals surface area (Å²) >= 11 is 4.77. The molecule has 0 saturated carbocycles. The molecule has 0 saturated heterocycles. The van der Waals surface area contributed by atoms with Crippen molar-refractivity contribution in [3.63, 3.8) is 0 Å². The number of hydrogen-bond donors (Lipinski definition) is 1. The van der Waals surface area contributed by atoms with Crippen molar-refractivity contribution in [2.45, 2.75) is 0 Å².